The Labute approximate surface area is 315 Å². The number of nitrogens with zero attached hydrogens (tertiary/aromatic N) is 3. The van der Waals surface area contributed by atoms with E-state index in [1.807, 2.05) is 22.8 Å². The molecule has 6 aromatic carbocycles. The standard InChI is InChI=1S/C47H39N3O2/c1-25(2)35-21-32(31-13-9-8-10-14-31)22-36(26(3)4)44(35)50-43-28(6)12-11-15-38(43)49-47(50)34-18-16-27(5)41-37-23-40-42(29(7)45(37)52-46(34)41)33-19-17-30(24-48)20-39(33)51-40/h8-23,25-26H,1-7H3/i5D3,6D3,7D3. The average Bonchev–Trinajstić information content (AvgIpc) is 3.89. The lowest BCUT2D eigenvalue weighted by Gasteiger charge is -2.25. The highest BCUT2D eigenvalue weighted by atomic mass is 16.3. The summed E-state index contributed by atoms with van der Waals surface area (Å²) in [7, 11) is 0. The number of furan rings is 2. The van der Waals surface area contributed by atoms with Crippen LogP contribution >= 0.6 is 0 Å². The van der Waals surface area contributed by atoms with Gasteiger partial charge in [0.15, 0.2) is 0 Å². The summed E-state index contributed by atoms with van der Waals surface area (Å²) < 4.78 is 93.4. The predicted octanol–water partition coefficient (Wildman–Crippen LogP) is 13.2. The van der Waals surface area contributed by atoms with Crippen LogP contribution in [0, 0.1) is 31.9 Å². The van der Waals surface area contributed by atoms with Crippen molar-refractivity contribution in [2.45, 2.75) is 60.1 Å². The van der Waals surface area contributed by atoms with E-state index >= 15 is 0 Å². The minimum Gasteiger partial charge on any atom is -0.456 e. The lowest BCUT2D eigenvalue weighted by atomic mass is 9.88. The Morgan fingerprint density at radius 1 is 0.692 bits per heavy atom. The molecule has 254 valence electrons. The van der Waals surface area contributed by atoms with Gasteiger partial charge in [-0.25, -0.2) is 4.98 Å². The summed E-state index contributed by atoms with van der Waals surface area (Å²) in [6, 6.07) is 30.8. The van der Waals surface area contributed by atoms with Crippen molar-refractivity contribution in [2.75, 3.05) is 0 Å². The molecule has 9 rings (SSSR count). The van der Waals surface area contributed by atoms with Gasteiger partial charge in [0.2, 0.25) is 0 Å². The molecule has 0 saturated heterocycles. The molecule has 0 saturated carbocycles. The zero-order valence-corrected chi connectivity index (χ0v) is 29.1. The fourth-order valence-corrected chi connectivity index (χ4v) is 7.66. The van der Waals surface area contributed by atoms with Crippen LogP contribution in [0.3, 0.4) is 0 Å². The number of hydrogen-bond acceptors (Lipinski definition) is 4. The molecular formula is C47H39N3O2. The quantitative estimate of drug-likeness (QED) is 0.181. The van der Waals surface area contributed by atoms with Crippen LogP contribution in [0.5, 0.6) is 0 Å². The Balaban J connectivity index is 1.48. The topological polar surface area (TPSA) is 67.9 Å². The molecule has 0 atom stereocenters. The lowest BCUT2D eigenvalue weighted by Crippen LogP contribution is -2.10. The molecule has 0 aliphatic rings. The number of hydrogen-bond donors (Lipinski definition) is 0. The van der Waals surface area contributed by atoms with Gasteiger partial charge >= 0.3 is 0 Å². The van der Waals surface area contributed by atoms with Crippen molar-refractivity contribution in [3.05, 3.63) is 130 Å². The van der Waals surface area contributed by atoms with Gasteiger partial charge in [-0.15, -0.1) is 0 Å². The van der Waals surface area contributed by atoms with Gasteiger partial charge < -0.3 is 8.83 Å². The van der Waals surface area contributed by atoms with E-state index in [1.165, 1.54) is 12.1 Å². The van der Waals surface area contributed by atoms with E-state index in [4.69, 9.17) is 26.2 Å². The van der Waals surface area contributed by atoms with Crippen molar-refractivity contribution in [3.8, 4) is 34.3 Å². The summed E-state index contributed by atoms with van der Waals surface area (Å²) in [5.41, 5.74) is 6.40. The van der Waals surface area contributed by atoms with Crippen LogP contribution in [0.1, 0.15) is 85.2 Å². The first kappa shape index (κ1) is 23.4. The van der Waals surface area contributed by atoms with E-state index in [-0.39, 0.29) is 67.3 Å². The molecule has 5 heteroatoms. The van der Waals surface area contributed by atoms with E-state index in [1.54, 1.807) is 42.5 Å². The van der Waals surface area contributed by atoms with Crippen LogP contribution in [-0.2, 0) is 0 Å². The van der Waals surface area contributed by atoms with Gasteiger partial charge in [-0.3, -0.25) is 4.57 Å². The molecular weight excluding hydrogens is 639 g/mol. The van der Waals surface area contributed by atoms with Crippen LogP contribution in [0.25, 0.3) is 83.1 Å². The number of aromatic nitrogens is 2. The Morgan fingerprint density at radius 2 is 1.48 bits per heavy atom. The highest BCUT2D eigenvalue weighted by Crippen LogP contribution is 2.46. The van der Waals surface area contributed by atoms with Crippen molar-refractivity contribution in [1.29, 1.82) is 5.26 Å². The van der Waals surface area contributed by atoms with Crippen LogP contribution in [0.15, 0.2) is 106 Å². The van der Waals surface area contributed by atoms with Gasteiger partial charge in [0.05, 0.1) is 33.9 Å². The molecule has 9 aromatic rings. The monoisotopic (exact) mass is 686 g/mol. The third kappa shape index (κ3) is 4.64. The van der Waals surface area contributed by atoms with Gasteiger partial charge in [-0.05, 0) is 114 Å². The van der Waals surface area contributed by atoms with Crippen LogP contribution in [-0.4, -0.2) is 9.55 Å². The Kier molecular flexibility index (Phi) is 5.27. The number of imidazole rings is 1. The summed E-state index contributed by atoms with van der Waals surface area (Å²) in [5, 5.41) is 10.7. The second kappa shape index (κ2) is 11.7. The van der Waals surface area contributed by atoms with Crippen molar-refractivity contribution in [2.24, 2.45) is 0 Å². The summed E-state index contributed by atoms with van der Waals surface area (Å²) in [6.07, 6.45) is 0. The fourth-order valence-electron chi connectivity index (χ4n) is 7.66. The zero-order chi connectivity index (χ0) is 43.5. The molecule has 52 heavy (non-hydrogen) atoms. The maximum absolute atomic E-state index is 9.57. The maximum Gasteiger partial charge on any atom is 0.149 e. The second-order valence-electron chi connectivity index (χ2n) is 14.0. The average molecular weight is 687 g/mol. The number of nitriles is 1. The van der Waals surface area contributed by atoms with Crippen molar-refractivity contribution in [3.63, 3.8) is 0 Å². The third-order valence-electron chi connectivity index (χ3n) is 10.1. The second-order valence-corrected chi connectivity index (χ2v) is 14.0. The number of rotatable bonds is 5. The predicted molar refractivity (Wildman–Crippen MR) is 214 cm³/mol. The minimum absolute atomic E-state index is 0.0451. The molecule has 0 aliphatic carbocycles. The minimum atomic E-state index is -2.77. The summed E-state index contributed by atoms with van der Waals surface area (Å²) in [5.74, 6) is 0.182. The molecule has 0 bridgehead atoms. The van der Waals surface area contributed by atoms with E-state index in [9.17, 15) is 5.26 Å². The third-order valence-corrected chi connectivity index (χ3v) is 10.1. The molecule has 0 amide bonds. The first-order valence-corrected chi connectivity index (χ1v) is 17.3. The van der Waals surface area contributed by atoms with Gasteiger partial charge in [0.1, 0.15) is 28.2 Å². The van der Waals surface area contributed by atoms with Gasteiger partial charge in [-0.2, -0.15) is 5.26 Å². The highest BCUT2D eigenvalue weighted by molar-refractivity contribution is 6.19. The number of benzene rings is 6. The van der Waals surface area contributed by atoms with Crippen LogP contribution in [0.2, 0.25) is 0 Å². The smallest absolute Gasteiger partial charge is 0.149 e. The van der Waals surface area contributed by atoms with Crippen LogP contribution in [0.4, 0.5) is 0 Å². The van der Waals surface area contributed by atoms with Gasteiger partial charge in [0.25, 0.3) is 0 Å². The summed E-state index contributed by atoms with van der Waals surface area (Å²) >= 11 is 0. The SMILES string of the molecule is [2H]C([2H])([2H])c1c2oc3c(-c4nc5cccc(C([2H])([2H])[2H])c5n4-c4c(C(C)C)cc(-c5ccccc5)cc4C(C)C)ccc(C([2H])([2H])[2H])c3c2cc2oc3cc(C#N)ccc3c12. The Hall–Kier alpha value is -6.12. The van der Waals surface area contributed by atoms with Crippen molar-refractivity contribution < 1.29 is 21.2 Å². The molecule has 0 radical (unpaired) electrons. The zero-order valence-electron chi connectivity index (χ0n) is 38.1. The van der Waals surface area contributed by atoms with E-state index in [0.717, 1.165) is 27.9 Å². The number of fused-ring (bicyclic) bond motifs is 7. The molecule has 0 N–H and O–H groups in total. The molecule has 3 heterocycles. The normalized spacial score (nSPS) is 15.4. The molecule has 0 unspecified atom stereocenters. The van der Waals surface area contributed by atoms with E-state index in [0.29, 0.717) is 33.1 Å². The van der Waals surface area contributed by atoms with Gasteiger partial charge in [0, 0.05) is 39.4 Å². The Bertz CT molecular complexity index is 3260. The van der Waals surface area contributed by atoms with E-state index < -0.39 is 20.6 Å². The van der Waals surface area contributed by atoms with Crippen molar-refractivity contribution >= 4 is 54.9 Å². The van der Waals surface area contributed by atoms with Gasteiger partial charge in [-0.1, -0.05) is 76.2 Å². The molecule has 3 aromatic heterocycles. The number of aryl methyl sites for hydroxylation is 3. The molecule has 0 fully saturated rings. The summed E-state index contributed by atoms with van der Waals surface area (Å²) in [6.45, 7) is 0.351. The molecule has 5 nitrogen and oxygen atoms in total. The first-order valence-electron chi connectivity index (χ1n) is 21.8. The van der Waals surface area contributed by atoms with E-state index in [2.05, 4.69) is 58.0 Å². The summed E-state index contributed by atoms with van der Waals surface area (Å²) in [4.78, 5) is 5.16. The first-order chi connectivity index (χ1) is 28.8. The lowest BCUT2D eigenvalue weighted by molar-refractivity contribution is 0.662. The Morgan fingerprint density at radius 3 is 2.19 bits per heavy atom. The largest absolute Gasteiger partial charge is 0.456 e. The number of para-hydroxylation sites is 1. The van der Waals surface area contributed by atoms with Crippen LogP contribution < -0.4 is 0 Å². The maximum atomic E-state index is 9.57. The molecule has 0 aliphatic heterocycles. The fraction of sp³-hybridized carbons (Fsp3) is 0.191. The highest BCUT2D eigenvalue weighted by Gasteiger charge is 2.27. The molecule has 0 spiro atoms. The van der Waals surface area contributed by atoms with Crippen molar-refractivity contribution in [1.82, 2.24) is 9.55 Å².